The third kappa shape index (κ3) is 3.00. The number of aliphatic hydroxyl groups excluding tert-OH is 1. The average Bonchev–Trinajstić information content (AvgIpc) is 3.24. The van der Waals surface area contributed by atoms with Gasteiger partial charge in [0.25, 0.3) is 0 Å². The first-order chi connectivity index (χ1) is 11.9. The zero-order chi connectivity index (χ0) is 17.7. The minimum atomic E-state index is -0.909. The number of anilines is 1. The summed E-state index contributed by atoms with van der Waals surface area (Å²) in [5, 5.41) is 10.5. The van der Waals surface area contributed by atoms with E-state index >= 15 is 0 Å². The van der Waals surface area contributed by atoms with E-state index in [0.29, 0.717) is 10.3 Å². The van der Waals surface area contributed by atoms with Crippen molar-refractivity contribution in [2.75, 3.05) is 5.73 Å². The highest BCUT2D eigenvalue weighted by Crippen LogP contribution is 2.42. The summed E-state index contributed by atoms with van der Waals surface area (Å²) in [5.74, 6) is -0.0929. The smallest absolute Gasteiger partial charge is 0.311 e. The van der Waals surface area contributed by atoms with Crippen LogP contribution in [-0.4, -0.2) is 43.9 Å². The van der Waals surface area contributed by atoms with Crippen LogP contribution in [0.5, 0.6) is 0 Å². The maximum absolute atomic E-state index is 12.4. The first-order valence-corrected chi connectivity index (χ1v) is 8.90. The molecule has 0 aromatic carbocycles. The second-order valence-corrected chi connectivity index (χ2v) is 7.43. The number of aliphatic hydroxyl groups is 1. The van der Waals surface area contributed by atoms with Crippen molar-refractivity contribution in [3.8, 4) is 0 Å². The van der Waals surface area contributed by atoms with Gasteiger partial charge in [0.1, 0.15) is 18.3 Å². The van der Waals surface area contributed by atoms with Crippen molar-refractivity contribution < 1.29 is 19.4 Å². The average molecular weight is 366 g/mol. The second kappa shape index (κ2) is 6.04. The van der Waals surface area contributed by atoms with Gasteiger partial charge in [-0.1, -0.05) is 11.3 Å². The molecule has 2 aliphatic rings. The van der Waals surface area contributed by atoms with E-state index in [1.165, 1.54) is 17.7 Å². The van der Waals surface area contributed by atoms with Crippen molar-refractivity contribution in [1.29, 1.82) is 0 Å². The van der Waals surface area contributed by atoms with Gasteiger partial charge in [-0.05, 0) is 18.8 Å². The molecule has 0 spiro atoms. The van der Waals surface area contributed by atoms with Crippen LogP contribution in [0.1, 0.15) is 32.4 Å². The van der Waals surface area contributed by atoms with E-state index in [1.54, 1.807) is 0 Å². The zero-order valence-corrected chi connectivity index (χ0v) is 14.3. The first-order valence-electron chi connectivity index (χ1n) is 8.08. The summed E-state index contributed by atoms with van der Waals surface area (Å²) in [6, 6.07) is 0. The number of carbonyl (C=O) groups is 1. The number of nitrogen functional groups attached to an aromatic ring is 1. The molecule has 10 heteroatoms. The fraction of sp³-hybridized carbons (Fsp3) is 0.600. The lowest BCUT2D eigenvalue weighted by molar-refractivity contribution is -0.158. The van der Waals surface area contributed by atoms with Crippen LogP contribution in [0.25, 0.3) is 10.3 Å². The molecule has 0 bridgehead atoms. The van der Waals surface area contributed by atoms with Crippen LogP contribution in [0.3, 0.4) is 0 Å². The van der Waals surface area contributed by atoms with E-state index in [4.69, 9.17) is 15.2 Å². The Morgan fingerprint density at radius 1 is 1.56 bits per heavy atom. The van der Waals surface area contributed by atoms with Crippen molar-refractivity contribution in [2.45, 2.75) is 50.7 Å². The Morgan fingerprint density at radius 2 is 2.32 bits per heavy atom. The van der Waals surface area contributed by atoms with E-state index in [2.05, 4.69) is 9.97 Å². The third-order valence-electron chi connectivity index (χ3n) is 4.50. The number of carbonyl (C=O) groups excluding carboxylic acids is 1. The first kappa shape index (κ1) is 16.4. The van der Waals surface area contributed by atoms with Crippen LogP contribution < -0.4 is 10.6 Å². The maximum Gasteiger partial charge on any atom is 0.311 e. The quantitative estimate of drug-likeness (QED) is 0.745. The Balaban J connectivity index is 1.66. The Morgan fingerprint density at radius 3 is 3.00 bits per heavy atom. The lowest BCUT2D eigenvalue weighted by Crippen LogP contribution is -2.33. The van der Waals surface area contributed by atoms with Crippen LogP contribution >= 0.6 is 11.3 Å². The molecule has 0 amide bonds. The molecule has 1 unspecified atom stereocenters. The summed E-state index contributed by atoms with van der Waals surface area (Å²) in [4.78, 5) is 31.4. The number of fused-ring (bicyclic) bond motifs is 1. The highest BCUT2D eigenvalue weighted by Gasteiger charge is 2.47. The van der Waals surface area contributed by atoms with E-state index < -0.39 is 24.5 Å². The van der Waals surface area contributed by atoms with E-state index in [9.17, 15) is 14.7 Å². The summed E-state index contributed by atoms with van der Waals surface area (Å²) in [6.07, 6.45) is 1.02. The highest BCUT2D eigenvalue weighted by atomic mass is 32.1. The van der Waals surface area contributed by atoms with Gasteiger partial charge in [0.05, 0.1) is 10.9 Å². The zero-order valence-electron chi connectivity index (χ0n) is 13.5. The molecule has 25 heavy (non-hydrogen) atoms. The van der Waals surface area contributed by atoms with E-state index in [0.717, 1.165) is 24.2 Å². The van der Waals surface area contributed by atoms with Crippen LogP contribution in [0.2, 0.25) is 0 Å². The fourth-order valence-electron chi connectivity index (χ4n) is 3.29. The van der Waals surface area contributed by atoms with Crippen LogP contribution in [0.15, 0.2) is 11.0 Å². The molecule has 3 heterocycles. The second-order valence-electron chi connectivity index (χ2n) is 6.43. The van der Waals surface area contributed by atoms with Gasteiger partial charge in [-0.25, -0.2) is 4.98 Å². The molecular weight excluding hydrogens is 348 g/mol. The summed E-state index contributed by atoms with van der Waals surface area (Å²) in [5.41, 5.74) is 5.96. The molecule has 4 atom stereocenters. The van der Waals surface area contributed by atoms with Crippen molar-refractivity contribution in [3.05, 3.63) is 15.9 Å². The molecule has 1 saturated heterocycles. The minimum absolute atomic E-state index is 0.0406. The number of nitrogens with zero attached hydrogens (tertiary/aromatic N) is 3. The molecule has 1 aliphatic carbocycles. The number of thiazole rings is 1. The van der Waals surface area contributed by atoms with Crippen LogP contribution in [0, 0.1) is 5.92 Å². The number of hydrogen-bond acceptors (Lipinski definition) is 9. The number of esters is 1. The van der Waals surface area contributed by atoms with E-state index in [-0.39, 0.29) is 29.1 Å². The van der Waals surface area contributed by atoms with E-state index in [1.807, 2.05) is 0 Å². The Kier molecular flexibility index (Phi) is 3.97. The summed E-state index contributed by atoms with van der Waals surface area (Å²) < 4.78 is 13.2. The maximum atomic E-state index is 12.4. The van der Waals surface area contributed by atoms with Gasteiger partial charge in [0, 0.05) is 13.3 Å². The molecule has 1 aliphatic heterocycles. The lowest BCUT2D eigenvalue weighted by atomic mass is 10.0. The molecule has 2 fully saturated rings. The summed E-state index contributed by atoms with van der Waals surface area (Å²) in [6.45, 7) is 1.36. The van der Waals surface area contributed by atoms with Gasteiger partial charge >= 0.3 is 10.8 Å². The molecule has 2 aromatic rings. The molecule has 3 N–H and O–H groups in total. The van der Waals surface area contributed by atoms with Crippen molar-refractivity contribution in [1.82, 2.24) is 14.5 Å². The Bertz CT molecular complexity index is 876. The SMILES string of the molecule is CC(=O)OC(C1CC1)[C@@H]1C[C@@H](O)[C@H](n2c(=O)sc3cnc(N)nc32)O1. The molecule has 9 nitrogen and oxygen atoms in total. The van der Waals surface area contributed by atoms with Crippen molar-refractivity contribution in [2.24, 2.45) is 5.92 Å². The molecule has 4 rings (SSSR count). The Labute approximate surface area is 146 Å². The van der Waals surface area contributed by atoms with Crippen LogP contribution in [-0.2, 0) is 14.3 Å². The molecule has 1 saturated carbocycles. The van der Waals surface area contributed by atoms with Gasteiger partial charge in [-0.3, -0.25) is 14.2 Å². The minimum Gasteiger partial charge on any atom is -0.459 e. The van der Waals surface area contributed by atoms with Gasteiger partial charge in [-0.2, -0.15) is 4.98 Å². The molecule has 2 aromatic heterocycles. The van der Waals surface area contributed by atoms with Gasteiger partial charge in [0.2, 0.25) is 5.95 Å². The third-order valence-corrected chi connectivity index (χ3v) is 5.38. The summed E-state index contributed by atoms with van der Waals surface area (Å²) in [7, 11) is 0. The van der Waals surface area contributed by atoms with Gasteiger partial charge in [0.15, 0.2) is 11.9 Å². The van der Waals surface area contributed by atoms with Gasteiger partial charge < -0.3 is 20.3 Å². The predicted molar refractivity (Wildman–Crippen MR) is 88.9 cm³/mol. The largest absolute Gasteiger partial charge is 0.459 e. The fourth-order valence-corrected chi connectivity index (χ4v) is 4.11. The number of hydrogen-bond donors (Lipinski definition) is 2. The van der Waals surface area contributed by atoms with Gasteiger partial charge in [-0.15, -0.1) is 0 Å². The highest BCUT2D eigenvalue weighted by molar-refractivity contribution is 7.16. The monoisotopic (exact) mass is 366 g/mol. The lowest BCUT2D eigenvalue weighted by Gasteiger charge is -2.23. The standard InChI is InChI=1S/C15H18N4O5S/c1-6(20)23-11(7-2-3-7)9-4-8(21)13(24-9)19-12-10(25-15(19)22)5-17-14(16)18-12/h5,7-9,11,13,21H,2-4H2,1H3,(H2,16,17,18)/t8-,9+,11?,13-/m1/s1. The molecule has 134 valence electrons. The number of nitrogens with two attached hydrogens (primary N) is 1. The number of aromatic nitrogens is 3. The normalized spacial score (nSPS) is 27.5. The van der Waals surface area contributed by atoms with Crippen molar-refractivity contribution >= 4 is 33.6 Å². The topological polar surface area (TPSA) is 130 Å². The molecular formula is C15H18N4O5S. The predicted octanol–water partition coefficient (Wildman–Crippen LogP) is 0.425. The number of ether oxygens (including phenoxy) is 2. The molecule has 0 radical (unpaired) electrons. The van der Waals surface area contributed by atoms with Crippen molar-refractivity contribution in [3.63, 3.8) is 0 Å². The van der Waals surface area contributed by atoms with Crippen LogP contribution in [0.4, 0.5) is 5.95 Å². The Hall–Kier alpha value is -2.04. The number of rotatable bonds is 4. The summed E-state index contributed by atoms with van der Waals surface area (Å²) >= 11 is 0.966.